The number of imidazole rings is 1. The first-order valence-corrected chi connectivity index (χ1v) is 7.02. The highest BCUT2D eigenvalue weighted by Gasteiger charge is 2.13. The zero-order valence-corrected chi connectivity index (χ0v) is 12.2. The van der Waals surface area contributed by atoms with Crippen LogP contribution in [0.5, 0.6) is 0 Å². The minimum atomic E-state index is -0.878. The molecule has 1 aromatic heterocycles. The van der Waals surface area contributed by atoms with Crippen LogP contribution in [0.15, 0.2) is 54.8 Å². The number of carboxylic acids is 1. The van der Waals surface area contributed by atoms with E-state index in [0.717, 1.165) is 11.1 Å². The van der Waals surface area contributed by atoms with E-state index in [2.05, 4.69) is 4.98 Å². The van der Waals surface area contributed by atoms with Crippen LogP contribution >= 0.6 is 0 Å². The Morgan fingerprint density at radius 3 is 2.59 bits per heavy atom. The van der Waals surface area contributed by atoms with Gasteiger partial charge >= 0.3 is 5.97 Å². The summed E-state index contributed by atoms with van der Waals surface area (Å²) in [6.07, 6.45) is 6.25. The Labute approximate surface area is 128 Å². The van der Waals surface area contributed by atoms with Gasteiger partial charge in [0, 0.05) is 30.9 Å². The molecule has 0 aliphatic rings. The van der Waals surface area contributed by atoms with E-state index >= 15 is 0 Å². The molecule has 0 unspecified atom stereocenters. The van der Waals surface area contributed by atoms with Gasteiger partial charge in [-0.3, -0.25) is 4.79 Å². The lowest BCUT2D eigenvalue weighted by molar-refractivity contribution is -0.137. The molecule has 0 spiro atoms. The minimum absolute atomic E-state index is 0.0199. The number of hydrogen-bond acceptors (Lipinski definition) is 4. The predicted molar refractivity (Wildman–Crippen MR) is 82.3 cm³/mol. The van der Waals surface area contributed by atoms with Crippen LogP contribution in [0.1, 0.15) is 24.8 Å². The average Bonchev–Trinajstić information content (AvgIpc) is 3.04. The Kier molecular flexibility index (Phi) is 5.73. The highest BCUT2D eigenvalue weighted by molar-refractivity contribution is 5.70. The topological polar surface area (TPSA) is 90.4 Å². The van der Waals surface area contributed by atoms with Crippen LogP contribution in [0, 0.1) is 0 Å². The number of carboxylic acid groups (broad SMARTS) is 1. The third-order valence-electron chi connectivity index (χ3n) is 3.35. The Morgan fingerprint density at radius 1 is 1.23 bits per heavy atom. The summed E-state index contributed by atoms with van der Waals surface area (Å²) in [5.74, 6) is 5.01. The van der Waals surface area contributed by atoms with Crippen molar-refractivity contribution in [3.63, 3.8) is 0 Å². The van der Waals surface area contributed by atoms with Crippen molar-refractivity contribution in [2.45, 2.75) is 25.8 Å². The summed E-state index contributed by atoms with van der Waals surface area (Å²) in [5.41, 5.74) is 1.89. The monoisotopic (exact) mass is 301 g/mol. The van der Waals surface area contributed by atoms with Crippen LogP contribution in [0.25, 0.3) is 5.57 Å². The van der Waals surface area contributed by atoms with Crippen molar-refractivity contribution in [2.75, 3.05) is 0 Å². The van der Waals surface area contributed by atoms with E-state index in [-0.39, 0.29) is 12.8 Å². The molecule has 0 saturated carbocycles. The number of allylic oxidation sites excluding steroid dienone is 2. The molecule has 0 amide bonds. The van der Waals surface area contributed by atoms with Gasteiger partial charge in [0.25, 0.3) is 0 Å². The van der Waals surface area contributed by atoms with Gasteiger partial charge in [0.05, 0.1) is 12.7 Å². The van der Waals surface area contributed by atoms with Crippen LogP contribution in [-0.2, 0) is 16.2 Å². The minimum Gasteiger partial charge on any atom is -0.481 e. The molecule has 6 heteroatoms. The standard InChI is InChI=1S/C16H19N3O3/c17-22-15(6-7-16(20)21)14(13-4-2-1-3-5-13)8-10-19-11-9-18-12-19/h1-5,9,11-12H,6-8,10,17H2,(H,20,21). The summed E-state index contributed by atoms with van der Waals surface area (Å²) in [6.45, 7) is 0.712. The van der Waals surface area contributed by atoms with Gasteiger partial charge in [0.1, 0.15) is 5.76 Å². The number of aromatic nitrogens is 2. The normalized spacial score (nSPS) is 11.9. The summed E-state index contributed by atoms with van der Waals surface area (Å²) in [7, 11) is 0. The zero-order valence-electron chi connectivity index (χ0n) is 12.2. The average molecular weight is 301 g/mol. The molecule has 0 aliphatic heterocycles. The van der Waals surface area contributed by atoms with Crippen LogP contribution in [0.2, 0.25) is 0 Å². The molecule has 0 radical (unpaired) electrons. The number of benzene rings is 1. The molecule has 0 bridgehead atoms. The maximum absolute atomic E-state index is 10.8. The number of hydrogen-bond donors (Lipinski definition) is 2. The van der Waals surface area contributed by atoms with E-state index in [1.807, 2.05) is 41.1 Å². The van der Waals surface area contributed by atoms with Crippen LogP contribution in [-0.4, -0.2) is 20.6 Å². The van der Waals surface area contributed by atoms with Gasteiger partial charge in [-0.25, -0.2) is 4.98 Å². The molecule has 6 nitrogen and oxygen atoms in total. The van der Waals surface area contributed by atoms with E-state index in [9.17, 15) is 4.79 Å². The quantitative estimate of drug-likeness (QED) is 0.577. The largest absolute Gasteiger partial charge is 0.481 e. The molecule has 2 aromatic rings. The third kappa shape index (κ3) is 4.46. The molecule has 0 saturated heterocycles. The number of aliphatic carboxylic acids is 1. The Morgan fingerprint density at radius 2 is 2.00 bits per heavy atom. The Balaban J connectivity index is 2.24. The summed E-state index contributed by atoms with van der Waals surface area (Å²) in [5, 5.41) is 8.86. The van der Waals surface area contributed by atoms with Crippen molar-refractivity contribution < 1.29 is 14.7 Å². The van der Waals surface area contributed by atoms with Gasteiger partial charge in [-0.1, -0.05) is 30.3 Å². The molecule has 116 valence electrons. The van der Waals surface area contributed by atoms with Gasteiger partial charge < -0.3 is 14.5 Å². The molecule has 2 rings (SSSR count). The smallest absolute Gasteiger partial charge is 0.303 e. The highest BCUT2D eigenvalue weighted by Crippen LogP contribution is 2.26. The van der Waals surface area contributed by atoms with Crippen molar-refractivity contribution in [3.8, 4) is 0 Å². The lowest BCUT2D eigenvalue weighted by Crippen LogP contribution is -2.07. The van der Waals surface area contributed by atoms with E-state index in [4.69, 9.17) is 15.8 Å². The number of carbonyl (C=O) groups is 1. The lowest BCUT2D eigenvalue weighted by Gasteiger charge is -2.14. The first-order chi connectivity index (χ1) is 10.7. The van der Waals surface area contributed by atoms with Crippen LogP contribution in [0.3, 0.4) is 0 Å². The van der Waals surface area contributed by atoms with Crippen molar-refractivity contribution >= 4 is 11.5 Å². The molecule has 0 fully saturated rings. The van der Waals surface area contributed by atoms with Gasteiger partial charge in [-0.2, -0.15) is 5.90 Å². The first-order valence-electron chi connectivity index (χ1n) is 7.02. The van der Waals surface area contributed by atoms with Crippen LogP contribution < -0.4 is 5.90 Å². The number of rotatable bonds is 8. The fraction of sp³-hybridized carbons (Fsp3) is 0.250. The number of nitrogens with zero attached hydrogens (tertiary/aromatic N) is 2. The molecule has 0 aliphatic carbocycles. The fourth-order valence-corrected chi connectivity index (χ4v) is 2.25. The molecule has 3 N–H and O–H groups in total. The molecule has 0 atom stereocenters. The fourth-order valence-electron chi connectivity index (χ4n) is 2.25. The first kappa shape index (κ1) is 15.8. The molecule has 22 heavy (non-hydrogen) atoms. The van der Waals surface area contributed by atoms with Crippen molar-refractivity contribution in [2.24, 2.45) is 5.90 Å². The number of nitrogens with two attached hydrogens (primary N) is 1. The van der Waals surface area contributed by atoms with Crippen LogP contribution in [0.4, 0.5) is 0 Å². The summed E-state index contributed by atoms with van der Waals surface area (Å²) >= 11 is 0. The van der Waals surface area contributed by atoms with Gasteiger partial charge in [0.15, 0.2) is 0 Å². The summed E-state index contributed by atoms with van der Waals surface area (Å²) < 4.78 is 1.95. The Bertz CT molecular complexity index is 621. The van der Waals surface area contributed by atoms with Gasteiger partial charge in [0.2, 0.25) is 0 Å². The van der Waals surface area contributed by atoms with E-state index < -0.39 is 5.97 Å². The molecule has 1 heterocycles. The maximum atomic E-state index is 10.8. The maximum Gasteiger partial charge on any atom is 0.303 e. The summed E-state index contributed by atoms with van der Waals surface area (Å²) in [6, 6.07) is 9.71. The van der Waals surface area contributed by atoms with Crippen molar-refractivity contribution in [1.82, 2.24) is 9.55 Å². The third-order valence-corrected chi connectivity index (χ3v) is 3.35. The molecular formula is C16H19N3O3. The summed E-state index contributed by atoms with van der Waals surface area (Å²) in [4.78, 5) is 19.8. The van der Waals surface area contributed by atoms with Crippen molar-refractivity contribution in [1.29, 1.82) is 0 Å². The van der Waals surface area contributed by atoms with E-state index in [1.165, 1.54) is 0 Å². The molecule has 1 aromatic carbocycles. The second kappa shape index (κ2) is 7.99. The second-order valence-electron chi connectivity index (χ2n) is 4.83. The van der Waals surface area contributed by atoms with E-state index in [1.54, 1.807) is 12.5 Å². The molecular weight excluding hydrogens is 282 g/mol. The van der Waals surface area contributed by atoms with E-state index in [0.29, 0.717) is 18.7 Å². The SMILES string of the molecule is NOC(CCC(=O)O)=C(CCn1ccnc1)c1ccccc1. The van der Waals surface area contributed by atoms with Gasteiger partial charge in [-0.05, 0) is 12.0 Å². The predicted octanol–water partition coefficient (Wildman–Crippen LogP) is 2.44. The second-order valence-corrected chi connectivity index (χ2v) is 4.83. The highest BCUT2D eigenvalue weighted by atomic mass is 16.6. The zero-order chi connectivity index (χ0) is 15.8. The van der Waals surface area contributed by atoms with Crippen molar-refractivity contribution in [3.05, 3.63) is 60.4 Å². The van der Waals surface area contributed by atoms with Gasteiger partial charge in [-0.15, -0.1) is 0 Å². The lowest BCUT2D eigenvalue weighted by atomic mass is 9.99. The Hall–Kier alpha value is -2.60. The number of aryl methyl sites for hydroxylation is 1.